The van der Waals surface area contributed by atoms with Crippen LogP contribution >= 0.6 is 0 Å². The molecule has 2 aromatic carbocycles. The first-order chi connectivity index (χ1) is 11.8. The Morgan fingerprint density at radius 2 is 1.65 bits per heavy atom. The number of hydrogen-bond donors (Lipinski definition) is 0. The van der Waals surface area contributed by atoms with Crippen LogP contribution in [0.4, 0.5) is 0 Å². The number of rotatable bonds is 2. The maximum absolute atomic E-state index is 4.75. The molecule has 1 nitrogen and oxygen atoms in total. The van der Waals surface area contributed by atoms with E-state index in [0.717, 1.165) is 11.3 Å². The SMILES string of the molecule is CC1(C)c2cc[c]([Ge]([CH3])([CH3])[CH3])cc2-c2cc(-c3[c-]cccc3)ncc21.[Ir]. The first-order valence-corrected chi connectivity index (χ1v) is 16.3. The van der Waals surface area contributed by atoms with Gasteiger partial charge in [0.1, 0.15) is 0 Å². The normalized spacial score (nSPS) is 14.3. The van der Waals surface area contributed by atoms with Gasteiger partial charge in [0.25, 0.3) is 0 Å². The molecule has 0 N–H and O–H groups in total. The van der Waals surface area contributed by atoms with E-state index in [9.17, 15) is 0 Å². The van der Waals surface area contributed by atoms with Crippen LogP contribution in [0.1, 0.15) is 25.0 Å². The van der Waals surface area contributed by atoms with Crippen LogP contribution in [0.3, 0.4) is 0 Å². The summed E-state index contributed by atoms with van der Waals surface area (Å²) in [6.45, 7) is 4.62. The number of hydrogen-bond acceptors (Lipinski definition) is 1. The van der Waals surface area contributed by atoms with Gasteiger partial charge >= 0.3 is 153 Å². The van der Waals surface area contributed by atoms with E-state index in [1.165, 1.54) is 22.3 Å². The van der Waals surface area contributed by atoms with E-state index in [-0.39, 0.29) is 25.5 Å². The van der Waals surface area contributed by atoms with E-state index in [1.807, 2.05) is 18.2 Å². The van der Waals surface area contributed by atoms with Crippen molar-refractivity contribution in [2.75, 3.05) is 0 Å². The second kappa shape index (κ2) is 6.74. The van der Waals surface area contributed by atoms with E-state index in [4.69, 9.17) is 4.98 Å². The molecular weight excluding hydrogens is 555 g/mol. The molecule has 0 spiro atoms. The van der Waals surface area contributed by atoms with Crippen LogP contribution in [0.15, 0.2) is 54.7 Å². The predicted molar refractivity (Wildman–Crippen MR) is 109 cm³/mol. The zero-order valence-electron chi connectivity index (χ0n) is 16.0. The summed E-state index contributed by atoms with van der Waals surface area (Å²) in [6, 6.07) is 20.8. The topological polar surface area (TPSA) is 12.9 Å². The fourth-order valence-electron chi connectivity index (χ4n) is 3.80. The molecule has 0 bridgehead atoms. The zero-order valence-corrected chi connectivity index (χ0v) is 20.5. The van der Waals surface area contributed by atoms with E-state index < -0.39 is 13.3 Å². The minimum Gasteiger partial charge on any atom is 0 e. The van der Waals surface area contributed by atoms with Crippen molar-refractivity contribution in [2.45, 2.75) is 36.5 Å². The molecule has 1 heterocycles. The molecule has 1 radical (unpaired) electrons. The maximum atomic E-state index is 4.75. The predicted octanol–water partition coefficient (Wildman–Crippen LogP) is 5.40. The van der Waals surface area contributed by atoms with Gasteiger partial charge in [0.2, 0.25) is 0 Å². The van der Waals surface area contributed by atoms with E-state index in [1.54, 1.807) is 4.40 Å². The van der Waals surface area contributed by atoms with E-state index in [0.29, 0.717) is 0 Å². The van der Waals surface area contributed by atoms with Gasteiger partial charge in [0.05, 0.1) is 0 Å². The summed E-state index contributed by atoms with van der Waals surface area (Å²) < 4.78 is 1.56. The molecule has 135 valence electrons. The Hall–Kier alpha value is -1.22. The Balaban J connectivity index is 0.00000196. The number of fused-ring (bicyclic) bond motifs is 3. The average Bonchev–Trinajstić information content (AvgIpc) is 2.82. The third kappa shape index (κ3) is 3.13. The van der Waals surface area contributed by atoms with Gasteiger partial charge in [0, 0.05) is 20.1 Å². The second-order valence-electron chi connectivity index (χ2n) is 8.53. The molecule has 0 amide bonds. The Kier molecular flexibility index (Phi) is 5.07. The third-order valence-corrected chi connectivity index (χ3v) is 9.70. The van der Waals surface area contributed by atoms with Crippen LogP contribution in [0.2, 0.25) is 17.3 Å². The molecule has 3 heteroatoms. The minimum absolute atomic E-state index is 0. The molecule has 0 atom stereocenters. The fraction of sp³-hybridized carbons (Fsp3) is 0.261. The van der Waals surface area contributed by atoms with Crippen LogP contribution in [-0.4, -0.2) is 18.3 Å². The van der Waals surface area contributed by atoms with Crippen LogP contribution in [0, 0.1) is 6.07 Å². The molecule has 1 aliphatic carbocycles. The third-order valence-electron chi connectivity index (χ3n) is 5.41. The maximum Gasteiger partial charge on any atom is 0 e. The summed E-state index contributed by atoms with van der Waals surface area (Å²) in [6.07, 6.45) is 2.07. The average molecular weight is 579 g/mol. The quantitative estimate of drug-likeness (QED) is 0.293. The van der Waals surface area contributed by atoms with Crippen molar-refractivity contribution in [3.8, 4) is 22.4 Å². The molecule has 1 aliphatic rings. The molecule has 1 aromatic heterocycles. The molecule has 0 saturated carbocycles. The smallest absolute Gasteiger partial charge is 0 e. The molecule has 3 aromatic rings. The Labute approximate surface area is 173 Å². The molecular formula is C23H24GeIrN-. The van der Waals surface area contributed by atoms with Crippen molar-refractivity contribution in [1.29, 1.82) is 0 Å². The van der Waals surface area contributed by atoms with Gasteiger partial charge in [-0.15, -0.1) is 0 Å². The summed E-state index contributed by atoms with van der Waals surface area (Å²) in [4.78, 5) is 4.75. The van der Waals surface area contributed by atoms with Crippen molar-refractivity contribution in [2.24, 2.45) is 0 Å². The van der Waals surface area contributed by atoms with Crippen LogP contribution in [0.5, 0.6) is 0 Å². The number of pyridine rings is 1. The summed E-state index contributed by atoms with van der Waals surface area (Å²) in [7, 11) is 0. The Morgan fingerprint density at radius 1 is 0.923 bits per heavy atom. The van der Waals surface area contributed by atoms with Crippen molar-refractivity contribution in [3.63, 3.8) is 0 Å². The van der Waals surface area contributed by atoms with Gasteiger partial charge in [-0.1, -0.05) is 0 Å². The van der Waals surface area contributed by atoms with E-state index in [2.05, 4.69) is 73.7 Å². The first-order valence-electron chi connectivity index (χ1n) is 8.91. The minimum atomic E-state index is -1.86. The van der Waals surface area contributed by atoms with Crippen LogP contribution in [0.25, 0.3) is 22.4 Å². The standard InChI is InChI=1S/C23H24GeN.Ir/c1-23(2)20-12-11-17(24(3,4)5)13-18(20)19-14-22(25-15-21(19)23)16-9-7-6-8-10-16;/h6-9,11-15H,1-5H3;/q-1;. The van der Waals surface area contributed by atoms with Crippen LogP contribution < -0.4 is 4.40 Å². The number of nitrogens with zero attached hydrogens (tertiary/aromatic N) is 1. The second-order valence-corrected chi connectivity index (χ2v) is 19.2. The molecule has 0 saturated heterocycles. The van der Waals surface area contributed by atoms with Gasteiger partial charge in [0.15, 0.2) is 0 Å². The molecule has 0 fully saturated rings. The molecule has 0 unspecified atom stereocenters. The summed E-state index contributed by atoms with van der Waals surface area (Å²) in [5.41, 5.74) is 7.58. The molecule has 4 rings (SSSR count). The van der Waals surface area contributed by atoms with Gasteiger partial charge < -0.3 is 0 Å². The van der Waals surface area contributed by atoms with Gasteiger partial charge in [-0.25, -0.2) is 0 Å². The van der Waals surface area contributed by atoms with Crippen molar-refractivity contribution in [3.05, 3.63) is 71.9 Å². The van der Waals surface area contributed by atoms with Crippen molar-refractivity contribution in [1.82, 2.24) is 4.98 Å². The van der Waals surface area contributed by atoms with Gasteiger partial charge in [-0.3, -0.25) is 0 Å². The summed E-state index contributed by atoms with van der Waals surface area (Å²) in [5, 5.41) is 0. The summed E-state index contributed by atoms with van der Waals surface area (Å²) in [5.74, 6) is 7.37. The summed E-state index contributed by atoms with van der Waals surface area (Å²) >= 11 is -1.86. The Morgan fingerprint density at radius 3 is 2.31 bits per heavy atom. The van der Waals surface area contributed by atoms with Gasteiger partial charge in [-0.05, 0) is 0 Å². The number of benzene rings is 2. The number of aromatic nitrogens is 1. The fourth-order valence-corrected chi connectivity index (χ4v) is 6.24. The first kappa shape index (κ1) is 19.5. The van der Waals surface area contributed by atoms with Crippen molar-refractivity contribution >= 4 is 17.7 Å². The zero-order chi connectivity index (χ0) is 17.8. The monoisotopic (exact) mass is 581 g/mol. The van der Waals surface area contributed by atoms with Gasteiger partial charge in [-0.2, -0.15) is 0 Å². The van der Waals surface area contributed by atoms with Crippen LogP contribution in [-0.2, 0) is 25.5 Å². The molecule has 26 heavy (non-hydrogen) atoms. The Bertz CT molecular complexity index is 956. The largest absolute Gasteiger partial charge is 0 e. The molecule has 0 aliphatic heterocycles. The van der Waals surface area contributed by atoms with E-state index >= 15 is 0 Å². The van der Waals surface area contributed by atoms with Crippen molar-refractivity contribution < 1.29 is 20.1 Å².